The first-order valence-electron chi connectivity index (χ1n) is 29.4. The molecule has 2 aliphatic carbocycles. The van der Waals surface area contributed by atoms with Crippen molar-refractivity contribution in [2.24, 2.45) is 0 Å². The smallest absolute Gasteiger partial charge is 0.0560 e. The number of nitrogens with zero attached hydrogens (tertiary/aromatic N) is 4. The van der Waals surface area contributed by atoms with Crippen LogP contribution in [-0.2, 0) is 0 Å². The summed E-state index contributed by atoms with van der Waals surface area (Å²) in [6.07, 6.45) is 53.1. The van der Waals surface area contributed by atoms with Crippen molar-refractivity contribution in [3.05, 3.63) is 415 Å². The fourth-order valence-corrected chi connectivity index (χ4v) is 10.4. The topological polar surface area (TPSA) is 16.3 Å². The first kappa shape index (κ1) is 62.8. The van der Waals surface area contributed by atoms with Crippen molar-refractivity contribution in [1.29, 1.82) is 0 Å². The van der Waals surface area contributed by atoms with Crippen molar-refractivity contribution in [3.63, 3.8) is 0 Å². The molecule has 2 aromatic heterocycles. The average Bonchev–Trinajstić information content (AvgIpc) is 3.25. The van der Waals surface area contributed by atoms with Crippen molar-refractivity contribution in [2.75, 3.05) is 9.80 Å². The molecule has 4 heteroatoms. The van der Waals surface area contributed by atoms with Crippen LogP contribution in [0, 0.1) is 0 Å². The second-order valence-corrected chi connectivity index (χ2v) is 20.8. The van der Waals surface area contributed by atoms with Crippen LogP contribution in [0.15, 0.2) is 404 Å². The van der Waals surface area contributed by atoms with Crippen LogP contribution >= 0.6 is 0 Å². The van der Waals surface area contributed by atoms with Gasteiger partial charge in [-0.15, -0.1) is 0 Å². The maximum absolute atomic E-state index is 4.65. The summed E-state index contributed by atoms with van der Waals surface area (Å²) in [7, 11) is 0. The normalized spacial score (nSPS) is 14.2. The Hall–Kier alpha value is -11.2. The van der Waals surface area contributed by atoms with E-state index in [4.69, 9.17) is 0 Å². The zero-order chi connectivity index (χ0) is 62.2. The van der Waals surface area contributed by atoms with Crippen LogP contribution in [0.3, 0.4) is 0 Å². The van der Waals surface area contributed by atoms with Gasteiger partial charge in [-0.2, -0.15) is 0 Å². The number of allylic oxidation sites excluding steroid dienone is 28. The number of rotatable bonds is 25. The Morgan fingerprint density at radius 1 is 0.489 bits per heavy atom. The number of hydrogen-bond acceptors (Lipinski definition) is 2. The molecule has 2 aliphatic rings. The van der Waals surface area contributed by atoms with Gasteiger partial charge in [0, 0.05) is 52.8 Å². The summed E-state index contributed by atoms with van der Waals surface area (Å²) in [5, 5.41) is 2.06. The number of fused-ring (bicyclic) bond motifs is 2. The van der Waals surface area contributed by atoms with Crippen LogP contribution in [0.1, 0.15) is 30.4 Å². The summed E-state index contributed by atoms with van der Waals surface area (Å²) in [6.45, 7) is 46.4. The van der Waals surface area contributed by atoms with Crippen molar-refractivity contribution in [1.82, 2.24) is 9.13 Å². The lowest BCUT2D eigenvalue weighted by Crippen LogP contribution is -2.33. The molecule has 0 fully saturated rings. The minimum atomic E-state index is 0.0582. The lowest BCUT2D eigenvalue weighted by atomic mass is 9.96. The Labute approximate surface area is 523 Å². The first-order valence-corrected chi connectivity index (χ1v) is 29.4. The third kappa shape index (κ3) is 16.2. The first-order chi connectivity index (χ1) is 43.0. The molecule has 4 nitrogen and oxygen atoms in total. The molecule has 8 rings (SSSR count). The van der Waals surface area contributed by atoms with Crippen molar-refractivity contribution < 1.29 is 0 Å². The fraction of sp³-hybridized carbons (Fsp3) is 0.0476. The highest BCUT2D eigenvalue weighted by Crippen LogP contribution is 2.33. The molecular weight excluding hydrogens is 1060 g/mol. The molecule has 0 saturated heterocycles. The molecule has 0 saturated carbocycles. The summed E-state index contributed by atoms with van der Waals surface area (Å²) in [6, 6.07) is 50.9. The van der Waals surface area contributed by atoms with E-state index in [-0.39, 0.29) is 6.04 Å². The molecule has 0 N–H and O–H groups in total. The molecule has 0 aliphatic heterocycles. The molecular formula is C84H78N4. The molecule has 88 heavy (non-hydrogen) atoms. The van der Waals surface area contributed by atoms with Crippen molar-refractivity contribution in [2.45, 2.75) is 25.3 Å². The Kier molecular flexibility index (Phi) is 22.6. The van der Waals surface area contributed by atoms with Crippen LogP contribution in [0.4, 0.5) is 11.4 Å². The summed E-state index contributed by atoms with van der Waals surface area (Å²) >= 11 is 0. The quantitative estimate of drug-likeness (QED) is 0.0531. The highest BCUT2D eigenvalue weighted by atomic mass is 15.2. The highest BCUT2D eigenvalue weighted by Gasteiger charge is 2.21. The maximum Gasteiger partial charge on any atom is 0.0560 e. The third-order valence-electron chi connectivity index (χ3n) is 15.1. The molecule has 1 atom stereocenters. The van der Waals surface area contributed by atoms with Crippen molar-refractivity contribution >= 4 is 55.7 Å². The van der Waals surface area contributed by atoms with E-state index in [1.807, 2.05) is 102 Å². The van der Waals surface area contributed by atoms with E-state index in [9.17, 15) is 0 Å². The van der Waals surface area contributed by atoms with Crippen LogP contribution < -0.4 is 9.80 Å². The van der Waals surface area contributed by atoms with Gasteiger partial charge < -0.3 is 18.9 Å². The Morgan fingerprint density at radius 3 is 1.82 bits per heavy atom. The molecule has 2 heterocycles. The lowest BCUT2D eigenvalue weighted by Gasteiger charge is -2.34. The minimum Gasteiger partial charge on any atom is -0.334 e. The Morgan fingerprint density at radius 2 is 1.15 bits per heavy atom. The molecule has 0 amide bonds. The van der Waals surface area contributed by atoms with Gasteiger partial charge in [0.15, 0.2) is 0 Å². The van der Waals surface area contributed by atoms with Crippen molar-refractivity contribution in [3.8, 4) is 11.1 Å². The number of benzene rings is 4. The number of anilines is 2. The molecule has 6 aromatic rings. The summed E-state index contributed by atoms with van der Waals surface area (Å²) in [5.74, 6) is 0. The fourth-order valence-electron chi connectivity index (χ4n) is 10.4. The number of para-hydroxylation sites is 2. The predicted molar refractivity (Wildman–Crippen MR) is 388 cm³/mol. The van der Waals surface area contributed by atoms with Gasteiger partial charge in [-0.3, -0.25) is 0 Å². The van der Waals surface area contributed by atoms with Crippen LogP contribution in [0.25, 0.3) is 55.5 Å². The van der Waals surface area contributed by atoms with E-state index in [2.05, 4.69) is 275 Å². The second-order valence-electron chi connectivity index (χ2n) is 20.8. The van der Waals surface area contributed by atoms with Gasteiger partial charge in [0.2, 0.25) is 0 Å². The Balaban J connectivity index is 1.14. The SMILES string of the molecule is C=CC=CC(=C)n1cccc(-c2ccc3c(ccc(C4=CCC(N(C(C=C)=CC=C)c5ccccc5)C=C4)cccn3C(=C)C=CC(=C)C(=C)C=CC(=C)N(C=CC=C(C=C)C3=CCCC=C3)c3ccc(C(C=C)=CC=C)cc3)c2)ccc2ccccc21. The molecule has 1 unspecified atom stereocenters. The molecule has 0 spiro atoms. The van der Waals surface area contributed by atoms with Crippen LogP contribution in [0.5, 0.6) is 0 Å². The van der Waals surface area contributed by atoms with Gasteiger partial charge in [0.25, 0.3) is 0 Å². The zero-order valence-electron chi connectivity index (χ0n) is 50.6. The summed E-state index contributed by atoms with van der Waals surface area (Å²) in [4.78, 5) is 4.36. The minimum absolute atomic E-state index is 0.0582. The van der Waals surface area contributed by atoms with E-state index in [0.29, 0.717) is 11.1 Å². The monoisotopic (exact) mass is 1140 g/mol. The van der Waals surface area contributed by atoms with E-state index < -0.39 is 0 Å². The number of hydrogen-bond donors (Lipinski definition) is 0. The zero-order valence-corrected chi connectivity index (χ0v) is 50.6. The van der Waals surface area contributed by atoms with Gasteiger partial charge >= 0.3 is 0 Å². The van der Waals surface area contributed by atoms with E-state index >= 15 is 0 Å². The van der Waals surface area contributed by atoms with Gasteiger partial charge in [0.1, 0.15) is 0 Å². The van der Waals surface area contributed by atoms with E-state index in [1.54, 1.807) is 12.2 Å². The highest BCUT2D eigenvalue weighted by molar-refractivity contribution is 5.89. The average molecular weight is 1140 g/mol. The lowest BCUT2D eigenvalue weighted by molar-refractivity contribution is 0.764. The molecule has 4 aromatic carbocycles. The molecule has 0 bridgehead atoms. The van der Waals surface area contributed by atoms with Gasteiger partial charge in [-0.25, -0.2) is 0 Å². The predicted octanol–water partition coefficient (Wildman–Crippen LogP) is 22.6. The standard InChI is InChI=1S/C84H78N4/c1-12-18-32-66(9)86-61-29-38-73(46-48-76-35-25-26-41-83(76)86)77-54-59-84-78(63-77)49-47-72(75-52-57-82(58-53-75)88(79(17-6)31-14-3)81-39-23-20-24-40-81)37-28-62-87(84)68(11)45-43-65(8)64(7)42-44-67(10)85(60-27-36-70(16-5)71-33-21-19-22-34-71)80-55-50-74(51-56-80)69(15-4)30-13-2/h12-18,20-21,23-57,59-63,82H,1-11,19,22,58H2. The van der Waals surface area contributed by atoms with Gasteiger partial charge in [-0.1, -0.05) is 261 Å². The summed E-state index contributed by atoms with van der Waals surface area (Å²) in [5.41, 5.74) is 17.1. The van der Waals surface area contributed by atoms with Crippen LogP contribution in [-0.4, -0.2) is 15.2 Å². The van der Waals surface area contributed by atoms with E-state index in [0.717, 1.165) is 120 Å². The van der Waals surface area contributed by atoms with Crippen LogP contribution in [0.2, 0.25) is 0 Å². The number of aromatic nitrogens is 2. The Bertz CT molecular complexity index is 4200. The second kappa shape index (κ2) is 31.6. The molecule has 0 radical (unpaired) electrons. The van der Waals surface area contributed by atoms with Gasteiger partial charge in [0.05, 0.1) is 17.1 Å². The maximum atomic E-state index is 4.65. The van der Waals surface area contributed by atoms with Gasteiger partial charge in [-0.05, 0) is 177 Å². The van der Waals surface area contributed by atoms with E-state index in [1.165, 1.54) is 0 Å². The third-order valence-corrected chi connectivity index (χ3v) is 15.1. The molecule has 434 valence electrons. The largest absolute Gasteiger partial charge is 0.334 e. The summed E-state index contributed by atoms with van der Waals surface area (Å²) < 4.78 is 4.21.